The first-order chi connectivity index (χ1) is 7.36. The second-order valence-corrected chi connectivity index (χ2v) is 3.80. The van der Waals surface area contributed by atoms with Crippen LogP contribution in [0.2, 0.25) is 0 Å². The largest absolute Gasteiger partial charge is 0.361 e. The number of rotatable bonds is 0. The van der Waals surface area contributed by atoms with Gasteiger partial charge in [0, 0.05) is 6.42 Å². The molecular weight excluding hydrogens is 192 g/mol. The van der Waals surface area contributed by atoms with Crippen LogP contribution in [0, 0.1) is 0 Å². The summed E-state index contributed by atoms with van der Waals surface area (Å²) in [7, 11) is 0. The molecule has 2 aliphatic rings. The minimum absolute atomic E-state index is 0.0220. The van der Waals surface area contributed by atoms with Crippen LogP contribution in [0.4, 0.5) is 5.69 Å². The topological polar surface area (TPSA) is 41.6 Å². The highest BCUT2D eigenvalue weighted by Crippen LogP contribution is 2.28. The number of nitrogens with zero attached hydrogens (tertiary/aromatic N) is 1. The summed E-state index contributed by atoms with van der Waals surface area (Å²) >= 11 is 0. The van der Waals surface area contributed by atoms with E-state index in [2.05, 4.69) is 10.2 Å². The number of anilines is 1. The molecule has 0 bridgehead atoms. The number of para-hydroxylation sites is 1. The molecule has 1 unspecified atom stereocenters. The fourth-order valence-electron chi connectivity index (χ4n) is 2.14. The quantitative estimate of drug-likeness (QED) is 0.683. The molecule has 78 valence electrons. The Labute approximate surface area is 87.8 Å². The summed E-state index contributed by atoms with van der Waals surface area (Å²) in [5.41, 5.74) is 1.71. The van der Waals surface area contributed by atoms with Crippen LogP contribution < -0.4 is 10.2 Å². The van der Waals surface area contributed by atoms with Gasteiger partial charge in [-0.05, 0) is 12.1 Å². The lowest BCUT2D eigenvalue weighted by Crippen LogP contribution is -2.56. The first-order valence-corrected chi connectivity index (χ1v) is 5.10. The van der Waals surface area contributed by atoms with Crippen LogP contribution >= 0.6 is 0 Å². The number of nitrogens with one attached hydrogen (secondary N) is 1. The normalized spacial score (nSPS) is 24.1. The predicted molar refractivity (Wildman–Crippen MR) is 55.6 cm³/mol. The minimum Gasteiger partial charge on any atom is -0.361 e. The van der Waals surface area contributed by atoms with Crippen molar-refractivity contribution in [2.24, 2.45) is 0 Å². The Kier molecular flexibility index (Phi) is 1.89. The zero-order valence-electron chi connectivity index (χ0n) is 8.27. The van der Waals surface area contributed by atoms with E-state index in [1.54, 1.807) is 0 Å². The van der Waals surface area contributed by atoms with Crippen molar-refractivity contribution in [2.75, 3.05) is 18.2 Å². The maximum atomic E-state index is 11.8. The van der Waals surface area contributed by atoms with Gasteiger partial charge in [-0.15, -0.1) is 0 Å². The molecule has 1 saturated heterocycles. The molecular formula is C11H12N2O2. The van der Waals surface area contributed by atoms with E-state index in [1.807, 2.05) is 24.3 Å². The first-order valence-electron chi connectivity index (χ1n) is 5.10. The number of carbonyl (C=O) groups is 1. The number of hydrogen-bond donors (Lipinski definition) is 1. The fraction of sp³-hybridized carbons (Fsp3) is 0.364. The zero-order chi connectivity index (χ0) is 10.3. The molecule has 4 heteroatoms. The number of hydrogen-bond acceptors (Lipinski definition) is 3. The molecule has 15 heavy (non-hydrogen) atoms. The molecule has 0 aliphatic carbocycles. The van der Waals surface area contributed by atoms with Crippen LogP contribution in [0.5, 0.6) is 0 Å². The summed E-state index contributed by atoms with van der Waals surface area (Å²) in [5.74, 6) is 0.0220. The molecule has 0 spiro atoms. The Morgan fingerprint density at radius 2 is 2.27 bits per heavy atom. The third-order valence-electron chi connectivity index (χ3n) is 2.90. The third-order valence-corrected chi connectivity index (χ3v) is 2.90. The summed E-state index contributed by atoms with van der Waals surface area (Å²) in [6.45, 7) is 1.27. The highest BCUT2D eigenvalue weighted by molar-refractivity contribution is 6.01. The average Bonchev–Trinajstić information content (AvgIpc) is 2.30. The average molecular weight is 204 g/mol. The van der Waals surface area contributed by atoms with Crippen LogP contribution in [0.15, 0.2) is 24.3 Å². The van der Waals surface area contributed by atoms with Gasteiger partial charge in [0.2, 0.25) is 0 Å². The molecule has 3 rings (SSSR count). The molecule has 4 nitrogen and oxygen atoms in total. The smallest absolute Gasteiger partial charge is 0.254 e. The maximum Gasteiger partial charge on any atom is 0.254 e. The van der Waals surface area contributed by atoms with E-state index < -0.39 is 0 Å². The minimum atomic E-state index is 0.0220. The van der Waals surface area contributed by atoms with Crippen molar-refractivity contribution in [1.82, 2.24) is 5.32 Å². The standard InChI is InChI=1S/C11H12N2O2/c14-11-8-3-1-2-4-9(8)13-7-15-6-5-10(13)12-11/h1-4,10H,5-7H2,(H,12,14). The van der Waals surface area contributed by atoms with Crippen molar-refractivity contribution in [2.45, 2.75) is 12.6 Å². The predicted octanol–water partition coefficient (Wildman–Crippen LogP) is 0.940. The summed E-state index contributed by atoms with van der Waals surface area (Å²) < 4.78 is 5.41. The Balaban J connectivity index is 2.07. The van der Waals surface area contributed by atoms with Gasteiger partial charge in [-0.25, -0.2) is 0 Å². The molecule has 2 aliphatic heterocycles. The third kappa shape index (κ3) is 1.29. The van der Waals surface area contributed by atoms with Gasteiger partial charge in [-0.3, -0.25) is 4.79 Å². The van der Waals surface area contributed by atoms with Crippen LogP contribution in [0.25, 0.3) is 0 Å². The first kappa shape index (κ1) is 8.73. The summed E-state index contributed by atoms with van der Waals surface area (Å²) in [6.07, 6.45) is 0.946. The van der Waals surface area contributed by atoms with Gasteiger partial charge in [0.05, 0.1) is 17.9 Å². The molecule has 0 saturated carbocycles. The number of ether oxygens (including phenoxy) is 1. The second-order valence-electron chi connectivity index (χ2n) is 3.80. The molecule has 1 amide bonds. The molecule has 0 aromatic heterocycles. The Morgan fingerprint density at radius 3 is 3.20 bits per heavy atom. The Morgan fingerprint density at radius 1 is 1.40 bits per heavy atom. The van der Waals surface area contributed by atoms with Gasteiger partial charge in [0.25, 0.3) is 5.91 Å². The highest BCUT2D eigenvalue weighted by Gasteiger charge is 2.32. The molecule has 1 atom stereocenters. The van der Waals surface area contributed by atoms with Crippen LogP contribution in [0.3, 0.4) is 0 Å². The maximum absolute atomic E-state index is 11.8. The van der Waals surface area contributed by atoms with Crippen molar-refractivity contribution in [1.29, 1.82) is 0 Å². The van der Waals surface area contributed by atoms with E-state index in [0.29, 0.717) is 13.3 Å². The van der Waals surface area contributed by atoms with E-state index in [1.165, 1.54) is 0 Å². The van der Waals surface area contributed by atoms with Gasteiger partial charge in [0.15, 0.2) is 0 Å². The molecule has 1 aromatic rings. The van der Waals surface area contributed by atoms with Crippen molar-refractivity contribution >= 4 is 11.6 Å². The highest BCUT2D eigenvalue weighted by atomic mass is 16.5. The summed E-state index contributed by atoms with van der Waals surface area (Å²) in [6, 6.07) is 7.64. The van der Waals surface area contributed by atoms with E-state index >= 15 is 0 Å². The van der Waals surface area contributed by atoms with Gasteiger partial charge in [-0.1, -0.05) is 12.1 Å². The van der Waals surface area contributed by atoms with Crippen molar-refractivity contribution < 1.29 is 9.53 Å². The Bertz CT molecular complexity index is 405. The molecule has 1 fully saturated rings. The number of fused-ring (bicyclic) bond motifs is 3. The van der Waals surface area contributed by atoms with Crippen LogP contribution in [-0.2, 0) is 4.74 Å². The number of carbonyl (C=O) groups excluding carboxylic acids is 1. The van der Waals surface area contributed by atoms with E-state index in [0.717, 1.165) is 17.7 Å². The number of benzene rings is 1. The zero-order valence-corrected chi connectivity index (χ0v) is 8.27. The van der Waals surface area contributed by atoms with Gasteiger partial charge < -0.3 is 15.0 Å². The molecule has 1 N–H and O–H groups in total. The lowest BCUT2D eigenvalue weighted by molar-refractivity contribution is 0.0675. The van der Waals surface area contributed by atoms with Gasteiger partial charge >= 0.3 is 0 Å². The van der Waals surface area contributed by atoms with E-state index in [-0.39, 0.29) is 12.1 Å². The lowest BCUT2D eigenvalue weighted by Gasteiger charge is -2.41. The van der Waals surface area contributed by atoms with Crippen molar-refractivity contribution in [3.8, 4) is 0 Å². The lowest BCUT2D eigenvalue weighted by atomic mass is 10.1. The molecule has 0 radical (unpaired) electrons. The van der Waals surface area contributed by atoms with E-state index in [9.17, 15) is 4.79 Å². The Hall–Kier alpha value is -1.55. The number of amides is 1. The summed E-state index contributed by atoms with van der Waals surface area (Å²) in [5, 5.41) is 2.98. The van der Waals surface area contributed by atoms with E-state index in [4.69, 9.17) is 4.74 Å². The second kappa shape index (κ2) is 3.24. The van der Waals surface area contributed by atoms with Crippen LogP contribution in [0.1, 0.15) is 16.8 Å². The van der Waals surface area contributed by atoms with Crippen LogP contribution in [-0.4, -0.2) is 25.4 Å². The summed E-state index contributed by atoms with van der Waals surface area (Å²) in [4.78, 5) is 13.9. The van der Waals surface area contributed by atoms with Gasteiger partial charge in [-0.2, -0.15) is 0 Å². The monoisotopic (exact) mass is 204 g/mol. The van der Waals surface area contributed by atoms with Crippen molar-refractivity contribution in [3.05, 3.63) is 29.8 Å². The molecule has 1 aromatic carbocycles. The molecule has 2 heterocycles. The van der Waals surface area contributed by atoms with Crippen molar-refractivity contribution in [3.63, 3.8) is 0 Å². The SMILES string of the molecule is O=C1NC2CCOCN2c2ccccc21. The van der Waals surface area contributed by atoms with Gasteiger partial charge in [0.1, 0.15) is 12.9 Å². The fourth-order valence-corrected chi connectivity index (χ4v) is 2.14.